The van der Waals surface area contributed by atoms with Crippen LogP contribution in [0.15, 0.2) is 24.3 Å². The lowest BCUT2D eigenvalue weighted by atomic mass is 9.97. The van der Waals surface area contributed by atoms with Crippen molar-refractivity contribution in [3.63, 3.8) is 0 Å². The summed E-state index contributed by atoms with van der Waals surface area (Å²) in [5.41, 5.74) is 2.58. The third-order valence-electron chi connectivity index (χ3n) is 3.60. The molecule has 0 aliphatic carbocycles. The molecule has 2 heteroatoms. The van der Waals surface area contributed by atoms with Crippen LogP contribution in [0.5, 0.6) is 0 Å². The van der Waals surface area contributed by atoms with Gasteiger partial charge in [-0.2, -0.15) is 0 Å². The molecule has 1 N–H and O–H groups in total. The SMILES string of the molecule is CC(C)Cc1ccc(N(C)C(C)(C)CCO)cc1. The largest absolute Gasteiger partial charge is 0.396 e. The first-order valence-corrected chi connectivity index (χ1v) is 6.80. The zero-order valence-electron chi connectivity index (χ0n) is 12.4. The average molecular weight is 249 g/mol. The minimum absolute atomic E-state index is 0.0195. The highest BCUT2D eigenvalue weighted by Gasteiger charge is 2.22. The minimum Gasteiger partial charge on any atom is -0.396 e. The van der Waals surface area contributed by atoms with E-state index in [2.05, 4.69) is 63.9 Å². The third kappa shape index (κ3) is 4.02. The van der Waals surface area contributed by atoms with Crippen LogP contribution in [0.1, 0.15) is 39.7 Å². The van der Waals surface area contributed by atoms with Crippen LogP contribution >= 0.6 is 0 Å². The number of nitrogens with zero attached hydrogens (tertiary/aromatic N) is 1. The maximum absolute atomic E-state index is 9.11. The van der Waals surface area contributed by atoms with E-state index in [4.69, 9.17) is 5.11 Å². The van der Waals surface area contributed by atoms with Gasteiger partial charge in [-0.15, -0.1) is 0 Å². The van der Waals surface area contributed by atoms with Crippen molar-refractivity contribution < 1.29 is 5.11 Å². The molecular formula is C16H27NO. The Morgan fingerprint density at radius 3 is 2.17 bits per heavy atom. The predicted molar refractivity (Wildman–Crippen MR) is 79.2 cm³/mol. The van der Waals surface area contributed by atoms with Crippen LogP contribution in [0.2, 0.25) is 0 Å². The molecular weight excluding hydrogens is 222 g/mol. The van der Waals surface area contributed by atoms with Gasteiger partial charge in [0.1, 0.15) is 0 Å². The van der Waals surface area contributed by atoms with Crippen molar-refractivity contribution in [2.45, 2.75) is 46.1 Å². The molecule has 0 amide bonds. The standard InChI is InChI=1S/C16H27NO/c1-13(2)12-14-6-8-15(9-7-14)17(5)16(3,4)10-11-18/h6-9,13,18H,10-12H2,1-5H3. The Morgan fingerprint density at radius 2 is 1.72 bits per heavy atom. The first kappa shape index (κ1) is 15.0. The molecule has 2 nitrogen and oxygen atoms in total. The molecule has 0 saturated carbocycles. The molecule has 0 aliphatic heterocycles. The van der Waals surface area contributed by atoms with Gasteiger partial charge in [0.25, 0.3) is 0 Å². The van der Waals surface area contributed by atoms with E-state index >= 15 is 0 Å². The normalized spacial score (nSPS) is 11.9. The van der Waals surface area contributed by atoms with Gasteiger partial charge in [-0.3, -0.25) is 0 Å². The smallest absolute Gasteiger partial charge is 0.0453 e. The Bertz CT molecular complexity index is 354. The lowest BCUT2D eigenvalue weighted by Crippen LogP contribution is -2.41. The van der Waals surface area contributed by atoms with Crippen molar-refractivity contribution in [3.05, 3.63) is 29.8 Å². The lowest BCUT2D eigenvalue weighted by molar-refractivity contribution is 0.250. The number of hydrogen-bond donors (Lipinski definition) is 1. The monoisotopic (exact) mass is 249 g/mol. The van der Waals surface area contributed by atoms with Crippen LogP contribution in [0.3, 0.4) is 0 Å². The fourth-order valence-electron chi connectivity index (χ4n) is 2.12. The molecule has 0 saturated heterocycles. The van der Waals surface area contributed by atoms with Crippen LogP contribution in [-0.4, -0.2) is 24.3 Å². The molecule has 0 aliphatic rings. The molecule has 0 bridgehead atoms. The van der Waals surface area contributed by atoms with Crippen molar-refractivity contribution in [2.75, 3.05) is 18.6 Å². The number of aliphatic hydroxyl groups is 1. The van der Waals surface area contributed by atoms with Gasteiger partial charge in [0, 0.05) is 24.9 Å². The van der Waals surface area contributed by atoms with E-state index < -0.39 is 0 Å². The Hall–Kier alpha value is -1.02. The van der Waals surface area contributed by atoms with Crippen molar-refractivity contribution in [1.29, 1.82) is 0 Å². The van der Waals surface area contributed by atoms with Crippen LogP contribution < -0.4 is 4.90 Å². The van der Waals surface area contributed by atoms with Gasteiger partial charge in [0.05, 0.1) is 0 Å². The minimum atomic E-state index is -0.0195. The number of hydrogen-bond acceptors (Lipinski definition) is 2. The summed E-state index contributed by atoms with van der Waals surface area (Å²) in [6.07, 6.45) is 1.90. The number of rotatable bonds is 6. The Labute approximate surface area is 112 Å². The molecule has 18 heavy (non-hydrogen) atoms. The highest BCUT2D eigenvalue weighted by molar-refractivity contribution is 5.49. The van der Waals surface area contributed by atoms with Crippen LogP contribution in [0.25, 0.3) is 0 Å². The van der Waals surface area contributed by atoms with Crippen LogP contribution in [-0.2, 0) is 6.42 Å². The molecule has 102 valence electrons. The fourth-order valence-corrected chi connectivity index (χ4v) is 2.12. The first-order valence-electron chi connectivity index (χ1n) is 6.80. The molecule has 0 fully saturated rings. The topological polar surface area (TPSA) is 23.5 Å². The quantitative estimate of drug-likeness (QED) is 0.834. The Balaban J connectivity index is 2.78. The maximum Gasteiger partial charge on any atom is 0.0453 e. The molecule has 0 aromatic heterocycles. The highest BCUT2D eigenvalue weighted by atomic mass is 16.3. The van der Waals surface area contributed by atoms with Gasteiger partial charge in [0.15, 0.2) is 0 Å². The molecule has 1 aromatic carbocycles. The molecule has 1 rings (SSSR count). The maximum atomic E-state index is 9.11. The summed E-state index contributed by atoms with van der Waals surface area (Å²) >= 11 is 0. The summed E-state index contributed by atoms with van der Waals surface area (Å²) in [5, 5.41) is 9.11. The number of aliphatic hydroxyl groups excluding tert-OH is 1. The summed E-state index contributed by atoms with van der Waals surface area (Å²) in [6.45, 7) is 9.02. The first-order chi connectivity index (χ1) is 8.36. The zero-order valence-corrected chi connectivity index (χ0v) is 12.4. The second-order valence-electron chi connectivity index (χ2n) is 6.11. The van der Waals surface area contributed by atoms with Gasteiger partial charge < -0.3 is 10.0 Å². The van der Waals surface area contributed by atoms with E-state index in [9.17, 15) is 0 Å². The van der Waals surface area contributed by atoms with Gasteiger partial charge >= 0.3 is 0 Å². The molecule has 0 radical (unpaired) electrons. The fraction of sp³-hybridized carbons (Fsp3) is 0.625. The van der Waals surface area contributed by atoms with Crippen molar-refractivity contribution >= 4 is 5.69 Å². The van der Waals surface area contributed by atoms with Crippen LogP contribution in [0.4, 0.5) is 5.69 Å². The summed E-state index contributed by atoms with van der Waals surface area (Å²) in [4.78, 5) is 2.24. The van der Waals surface area contributed by atoms with E-state index in [-0.39, 0.29) is 12.1 Å². The summed E-state index contributed by atoms with van der Waals surface area (Å²) in [6, 6.07) is 8.77. The van der Waals surface area contributed by atoms with Crippen molar-refractivity contribution in [2.24, 2.45) is 5.92 Å². The van der Waals surface area contributed by atoms with Crippen molar-refractivity contribution in [3.8, 4) is 0 Å². The van der Waals surface area contributed by atoms with Gasteiger partial charge in [0.2, 0.25) is 0 Å². The van der Waals surface area contributed by atoms with Gasteiger partial charge in [-0.25, -0.2) is 0 Å². The molecule has 1 aromatic rings. The zero-order chi connectivity index (χ0) is 13.8. The number of anilines is 1. The van der Waals surface area contributed by atoms with E-state index in [1.165, 1.54) is 11.3 Å². The van der Waals surface area contributed by atoms with E-state index in [1.807, 2.05) is 0 Å². The van der Waals surface area contributed by atoms with Crippen molar-refractivity contribution in [1.82, 2.24) is 0 Å². The van der Waals surface area contributed by atoms with Crippen LogP contribution in [0, 0.1) is 5.92 Å². The third-order valence-corrected chi connectivity index (χ3v) is 3.60. The summed E-state index contributed by atoms with van der Waals surface area (Å²) < 4.78 is 0. The second-order valence-corrected chi connectivity index (χ2v) is 6.11. The van der Waals surface area contributed by atoms with Gasteiger partial charge in [-0.05, 0) is 50.3 Å². The Kier molecular flexibility index (Phi) is 5.21. The second kappa shape index (κ2) is 6.24. The number of benzene rings is 1. The molecule has 0 unspecified atom stereocenters. The summed E-state index contributed by atoms with van der Waals surface area (Å²) in [5.74, 6) is 0.694. The van der Waals surface area contributed by atoms with E-state index in [0.717, 1.165) is 12.8 Å². The Morgan fingerprint density at radius 1 is 1.17 bits per heavy atom. The molecule has 0 spiro atoms. The molecule has 0 atom stereocenters. The van der Waals surface area contributed by atoms with Gasteiger partial charge in [-0.1, -0.05) is 26.0 Å². The lowest BCUT2D eigenvalue weighted by Gasteiger charge is -2.37. The average Bonchev–Trinajstić information content (AvgIpc) is 2.28. The highest BCUT2D eigenvalue weighted by Crippen LogP contribution is 2.25. The predicted octanol–water partition coefficient (Wildman–Crippen LogP) is 3.48. The molecule has 0 heterocycles. The van der Waals surface area contributed by atoms with E-state index in [1.54, 1.807) is 0 Å². The summed E-state index contributed by atoms with van der Waals surface area (Å²) in [7, 11) is 2.09. The van der Waals surface area contributed by atoms with E-state index in [0.29, 0.717) is 5.92 Å².